The van der Waals surface area contributed by atoms with Gasteiger partial charge in [0.15, 0.2) is 0 Å². The Bertz CT molecular complexity index is 1260. The van der Waals surface area contributed by atoms with Gasteiger partial charge >= 0.3 is 5.69 Å². The summed E-state index contributed by atoms with van der Waals surface area (Å²) >= 11 is 0. The van der Waals surface area contributed by atoms with E-state index >= 15 is 0 Å². The molecule has 0 unspecified atom stereocenters. The van der Waals surface area contributed by atoms with Crippen molar-refractivity contribution in [3.63, 3.8) is 0 Å². The van der Waals surface area contributed by atoms with E-state index in [1.54, 1.807) is 24.0 Å². The molecule has 138 valence electrons. The molecule has 0 bridgehead atoms. The van der Waals surface area contributed by atoms with Gasteiger partial charge in [0.05, 0.1) is 18.2 Å². The number of hydrogen-bond donors (Lipinski definition) is 2. The third-order valence-electron chi connectivity index (χ3n) is 4.22. The van der Waals surface area contributed by atoms with Crippen molar-refractivity contribution in [3.05, 3.63) is 45.6 Å². The first-order valence-corrected chi connectivity index (χ1v) is 7.90. The third-order valence-corrected chi connectivity index (χ3v) is 4.22. The Hall–Kier alpha value is -3.89. The lowest BCUT2D eigenvalue weighted by Gasteiger charge is -2.07. The van der Waals surface area contributed by atoms with Crippen LogP contribution in [0.25, 0.3) is 28.1 Å². The molecule has 0 saturated heterocycles. The molecule has 0 spiro atoms. The molecule has 0 radical (unpaired) electrons. The van der Waals surface area contributed by atoms with Crippen LogP contribution < -0.4 is 21.7 Å². The summed E-state index contributed by atoms with van der Waals surface area (Å²) in [5.41, 5.74) is 7.00. The average Bonchev–Trinajstić information content (AvgIpc) is 3.21. The van der Waals surface area contributed by atoms with Crippen LogP contribution in [0.4, 0.5) is 5.95 Å². The summed E-state index contributed by atoms with van der Waals surface area (Å²) in [5.74, 6) is 0.917. The van der Waals surface area contributed by atoms with Gasteiger partial charge in [0, 0.05) is 38.9 Å². The molecule has 11 nitrogen and oxygen atoms in total. The molecule has 0 aliphatic rings. The summed E-state index contributed by atoms with van der Waals surface area (Å²) in [6.45, 7) is 0. The summed E-state index contributed by atoms with van der Waals surface area (Å²) in [5, 5.41) is 0. The van der Waals surface area contributed by atoms with Gasteiger partial charge in [-0.1, -0.05) is 0 Å². The van der Waals surface area contributed by atoms with Crippen LogP contribution in [-0.2, 0) is 14.1 Å². The number of nitrogens with two attached hydrogens (primary N) is 1. The predicted molar refractivity (Wildman–Crippen MR) is 97.9 cm³/mol. The third kappa shape index (κ3) is 2.56. The quantitative estimate of drug-likeness (QED) is 0.510. The molecule has 4 rings (SSSR count). The summed E-state index contributed by atoms with van der Waals surface area (Å²) in [4.78, 5) is 39.9. The van der Waals surface area contributed by atoms with Crippen molar-refractivity contribution >= 4 is 17.0 Å². The first-order valence-electron chi connectivity index (χ1n) is 7.90. The second kappa shape index (κ2) is 5.83. The number of fused-ring (bicyclic) bond motifs is 1. The topological polar surface area (TPSA) is 139 Å². The van der Waals surface area contributed by atoms with Crippen LogP contribution in [0.2, 0.25) is 0 Å². The maximum absolute atomic E-state index is 12.4. The van der Waals surface area contributed by atoms with Crippen LogP contribution >= 0.6 is 0 Å². The second-order valence-electron chi connectivity index (χ2n) is 5.97. The van der Waals surface area contributed by atoms with Crippen molar-refractivity contribution in [2.45, 2.75) is 0 Å². The minimum absolute atomic E-state index is 0.101. The van der Waals surface area contributed by atoms with Crippen molar-refractivity contribution < 1.29 is 4.74 Å². The number of ether oxygens (including phenoxy) is 1. The molecule has 0 atom stereocenters. The first-order chi connectivity index (χ1) is 12.9. The average molecular weight is 368 g/mol. The van der Waals surface area contributed by atoms with Gasteiger partial charge in [0.25, 0.3) is 5.56 Å². The van der Waals surface area contributed by atoms with Crippen LogP contribution in [0.3, 0.4) is 0 Å². The number of aromatic amines is 1. The molecule has 0 amide bonds. The molecule has 0 aliphatic carbocycles. The Kier molecular flexibility index (Phi) is 3.58. The number of nitrogen functional groups attached to an aromatic ring is 1. The molecule has 0 fully saturated rings. The summed E-state index contributed by atoms with van der Waals surface area (Å²) < 4.78 is 9.25. The van der Waals surface area contributed by atoms with Crippen LogP contribution in [0, 0.1) is 0 Å². The van der Waals surface area contributed by atoms with Gasteiger partial charge in [-0.05, 0) is 0 Å². The molecule has 11 heteroatoms. The number of methoxy groups -OCH3 is 1. The van der Waals surface area contributed by atoms with Gasteiger partial charge in [-0.25, -0.2) is 14.8 Å². The minimum atomic E-state index is -0.399. The largest absolute Gasteiger partial charge is 0.480 e. The van der Waals surface area contributed by atoms with E-state index in [1.165, 1.54) is 31.1 Å². The number of imidazole rings is 1. The van der Waals surface area contributed by atoms with Gasteiger partial charge in [-0.2, -0.15) is 4.98 Å². The Labute approximate surface area is 151 Å². The standard InChI is InChI=1S/C16H16N8O3/c1-22-7-11(14(25)23(2)16(22)26)24-5-9-10(6-24)20-12(19-9)8-4-18-15(17)21-13(8)27-3/h4-7H,1-3H3,(H,19,20)(H2,17,18,21). The Morgan fingerprint density at radius 2 is 1.93 bits per heavy atom. The van der Waals surface area contributed by atoms with Crippen LogP contribution in [-0.4, -0.2) is 40.7 Å². The highest BCUT2D eigenvalue weighted by atomic mass is 16.5. The molecule has 27 heavy (non-hydrogen) atoms. The van der Waals surface area contributed by atoms with E-state index < -0.39 is 11.2 Å². The highest BCUT2D eigenvalue weighted by Gasteiger charge is 2.16. The first kappa shape index (κ1) is 16.6. The summed E-state index contributed by atoms with van der Waals surface area (Å²) in [6.07, 6.45) is 6.43. The van der Waals surface area contributed by atoms with Crippen LogP contribution in [0.15, 0.2) is 34.4 Å². The van der Waals surface area contributed by atoms with Gasteiger partial charge in [0.1, 0.15) is 17.0 Å². The predicted octanol–water partition coefficient (Wildman–Crippen LogP) is -0.201. The van der Waals surface area contributed by atoms with E-state index in [2.05, 4.69) is 19.9 Å². The number of H-pyrrole nitrogens is 1. The van der Waals surface area contributed by atoms with E-state index in [0.29, 0.717) is 34.0 Å². The number of hydrogen-bond acceptors (Lipinski definition) is 7. The van der Waals surface area contributed by atoms with E-state index in [1.807, 2.05) is 0 Å². The van der Waals surface area contributed by atoms with Crippen LogP contribution in [0.5, 0.6) is 5.88 Å². The lowest BCUT2D eigenvalue weighted by Crippen LogP contribution is -2.38. The number of anilines is 1. The number of nitrogens with zero attached hydrogens (tertiary/aromatic N) is 6. The van der Waals surface area contributed by atoms with Crippen LogP contribution in [0.1, 0.15) is 0 Å². The summed E-state index contributed by atoms with van der Waals surface area (Å²) in [7, 11) is 4.51. The maximum Gasteiger partial charge on any atom is 0.330 e. The highest BCUT2D eigenvalue weighted by Crippen LogP contribution is 2.28. The maximum atomic E-state index is 12.4. The normalized spacial score (nSPS) is 11.2. The minimum Gasteiger partial charge on any atom is -0.480 e. The van der Waals surface area contributed by atoms with E-state index in [0.717, 1.165) is 4.57 Å². The van der Waals surface area contributed by atoms with E-state index in [4.69, 9.17) is 10.5 Å². The molecule has 4 heterocycles. The van der Waals surface area contributed by atoms with Gasteiger partial charge in [-0.15, -0.1) is 0 Å². The molecule has 3 N–H and O–H groups in total. The van der Waals surface area contributed by atoms with Crippen molar-refractivity contribution in [3.8, 4) is 23.0 Å². The molecule has 0 saturated carbocycles. The molecule has 4 aromatic heterocycles. The zero-order chi connectivity index (χ0) is 19.3. The fraction of sp³-hybridized carbons (Fsp3) is 0.188. The number of nitrogens with one attached hydrogen (secondary N) is 1. The van der Waals surface area contributed by atoms with Crippen molar-refractivity contribution in [1.29, 1.82) is 0 Å². The van der Waals surface area contributed by atoms with Gasteiger partial charge in [0.2, 0.25) is 11.8 Å². The fourth-order valence-electron chi connectivity index (χ4n) is 2.84. The molecule has 0 aliphatic heterocycles. The monoisotopic (exact) mass is 368 g/mol. The number of aryl methyl sites for hydroxylation is 1. The van der Waals surface area contributed by atoms with E-state index in [9.17, 15) is 9.59 Å². The van der Waals surface area contributed by atoms with Crippen molar-refractivity contribution in [2.24, 2.45) is 14.1 Å². The molecular weight excluding hydrogens is 352 g/mol. The Balaban J connectivity index is 1.83. The molecule has 0 aromatic carbocycles. The van der Waals surface area contributed by atoms with Gasteiger partial charge < -0.3 is 24.6 Å². The number of aromatic nitrogens is 7. The Morgan fingerprint density at radius 1 is 1.15 bits per heavy atom. The smallest absolute Gasteiger partial charge is 0.330 e. The molecule has 4 aromatic rings. The molecular formula is C16H16N8O3. The van der Waals surface area contributed by atoms with E-state index in [-0.39, 0.29) is 5.95 Å². The van der Waals surface area contributed by atoms with Crippen molar-refractivity contribution in [2.75, 3.05) is 12.8 Å². The van der Waals surface area contributed by atoms with Gasteiger partial charge in [-0.3, -0.25) is 9.36 Å². The highest BCUT2D eigenvalue weighted by molar-refractivity contribution is 5.80. The lowest BCUT2D eigenvalue weighted by molar-refractivity contribution is 0.399. The second-order valence-corrected chi connectivity index (χ2v) is 5.97. The Morgan fingerprint density at radius 3 is 2.63 bits per heavy atom. The fourth-order valence-corrected chi connectivity index (χ4v) is 2.84. The van der Waals surface area contributed by atoms with Crippen molar-refractivity contribution in [1.82, 2.24) is 33.6 Å². The summed E-state index contributed by atoms with van der Waals surface area (Å²) in [6, 6.07) is 0. The SMILES string of the molecule is COc1nc(N)ncc1-c1nc2cn(-c3cn(C)c(=O)n(C)c3=O)cc2[nH]1. The zero-order valence-electron chi connectivity index (χ0n) is 14.8. The zero-order valence-corrected chi connectivity index (χ0v) is 14.8. The lowest BCUT2D eigenvalue weighted by atomic mass is 10.3. The number of rotatable bonds is 3.